The molecule has 0 aromatic heterocycles. The Morgan fingerprint density at radius 1 is 0.237 bits per heavy atom. The Kier molecular flexibility index (Phi) is 31.5. The van der Waals surface area contributed by atoms with Crippen molar-refractivity contribution in [2.45, 2.75) is 212 Å². The van der Waals surface area contributed by atoms with Gasteiger partial charge in [-0.25, -0.2) is 0 Å². The van der Waals surface area contributed by atoms with Crippen molar-refractivity contribution in [1.82, 2.24) is 0 Å². The number of quaternary nitrogens is 1. The number of hydrogen-bond donors (Lipinski definition) is 0. The molecule has 1 heteroatoms. The topological polar surface area (TPSA) is 0 Å². The largest absolute Gasteiger partial charge is 0.331 e. The number of unbranched alkanes of at least 4 members (excludes halogenated alkanes) is 31. The maximum atomic E-state index is 2.31. The Bertz CT molecular complexity index is 409. The summed E-state index contributed by atoms with van der Waals surface area (Å²) >= 11 is 0. The molecule has 0 unspecified atom stereocenters. The highest BCUT2D eigenvalue weighted by atomic mass is 15.3. The lowest BCUT2D eigenvalue weighted by molar-refractivity contribution is -0.870. The van der Waals surface area contributed by atoms with E-state index in [2.05, 4.69) is 28.1 Å². The molecule has 0 rings (SSSR count). The van der Waals surface area contributed by atoms with E-state index in [1.807, 2.05) is 0 Å². The summed E-state index contributed by atoms with van der Waals surface area (Å²) in [7, 11) is 6.93. The third-order valence-electron chi connectivity index (χ3n) is 8.68. The standard InChI is InChI=1S/C37H78N/c1-5-6-7-8-9-10-11-12-13-14-15-16-17-18-19-20-21-22-23-24-25-26-27-28-29-30-31-32-33-34-35-36-37-38(2,3)4/h5-37H2,1-4H3/q+1. The van der Waals surface area contributed by atoms with Crippen LogP contribution in [0.3, 0.4) is 0 Å². The summed E-state index contributed by atoms with van der Waals surface area (Å²) < 4.78 is 1.12. The van der Waals surface area contributed by atoms with Crippen molar-refractivity contribution in [1.29, 1.82) is 0 Å². The normalized spacial score (nSPS) is 12.0. The summed E-state index contributed by atoms with van der Waals surface area (Å²) in [4.78, 5) is 0. The number of nitrogens with zero attached hydrogens (tertiary/aromatic N) is 1. The smallest absolute Gasteiger partial charge is 0.0780 e. The summed E-state index contributed by atoms with van der Waals surface area (Å²) in [6, 6.07) is 0. The van der Waals surface area contributed by atoms with E-state index >= 15 is 0 Å². The Morgan fingerprint density at radius 2 is 0.395 bits per heavy atom. The zero-order chi connectivity index (χ0) is 27.8. The lowest BCUT2D eigenvalue weighted by Gasteiger charge is -2.23. The second kappa shape index (κ2) is 31.5. The van der Waals surface area contributed by atoms with E-state index in [1.165, 1.54) is 212 Å². The monoisotopic (exact) mass is 537 g/mol. The van der Waals surface area contributed by atoms with Crippen molar-refractivity contribution in [2.75, 3.05) is 27.7 Å². The molecule has 0 N–H and O–H groups in total. The SMILES string of the molecule is CCCCCCCCCCCCCCCCCCCCCCCCCCCCCCCCCC[N+](C)(C)C. The molecule has 0 aliphatic carbocycles. The van der Waals surface area contributed by atoms with E-state index in [1.54, 1.807) is 0 Å². The number of rotatable bonds is 33. The molecule has 0 spiro atoms. The van der Waals surface area contributed by atoms with Crippen molar-refractivity contribution in [3.05, 3.63) is 0 Å². The van der Waals surface area contributed by atoms with Crippen LogP contribution < -0.4 is 0 Å². The lowest BCUT2D eigenvalue weighted by atomic mass is 10.0. The van der Waals surface area contributed by atoms with E-state index in [0.29, 0.717) is 0 Å². The van der Waals surface area contributed by atoms with Crippen LogP contribution in [0.15, 0.2) is 0 Å². The Hall–Kier alpha value is -0.0400. The van der Waals surface area contributed by atoms with Crippen LogP contribution in [0.1, 0.15) is 212 Å². The van der Waals surface area contributed by atoms with Gasteiger partial charge in [0.1, 0.15) is 0 Å². The highest BCUT2D eigenvalue weighted by molar-refractivity contribution is 4.52. The van der Waals surface area contributed by atoms with Gasteiger partial charge in [0.25, 0.3) is 0 Å². The van der Waals surface area contributed by atoms with Gasteiger partial charge in [0.05, 0.1) is 27.7 Å². The molecule has 0 bridgehead atoms. The molecule has 0 fully saturated rings. The van der Waals surface area contributed by atoms with E-state index < -0.39 is 0 Å². The number of hydrogen-bond acceptors (Lipinski definition) is 0. The van der Waals surface area contributed by atoms with Gasteiger partial charge in [-0.15, -0.1) is 0 Å². The molecule has 0 aromatic rings. The second-order valence-corrected chi connectivity index (χ2v) is 14.0. The minimum atomic E-state index is 1.12. The van der Waals surface area contributed by atoms with Gasteiger partial charge in [-0.1, -0.05) is 200 Å². The van der Waals surface area contributed by atoms with Crippen LogP contribution in [-0.4, -0.2) is 32.2 Å². The minimum Gasteiger partial charge on any atom is -0.331 e. The van der Waals surface area contributed by atoms with E-state index in [-0.39, 0.29) is 0 Å². The Balaban J connectivity index is 3.04. The first-order valence-corrected chi connectivity index (χ1v) is 18.4. The molecule has 0 aliphatic heterocycles. The van der Waals surface area contributed by atoms with Crippen molar-refractivity contribution in [2.24, 2.45) is 0 Å². The summed E-state index contributed by atoms with van der Waals surface area (Å²) in [5.74, 6) is 0. The van der Waals surface area contributed by atoms with Gasteiger partial charge in [-0.3, -0.25) is 0 Å². The predicted molar refractivity (Wildman–Crippen MR) is 176 cm³/mol. The highest BCUT2D eigenvalue weighted by Crippen LogP contribution is 2.16. The minimum absolute atomic E-state index is 1.12. The Morgan fingerprint density at radius 3 is 0.553 bits per heavy atom. The third-order valence-corrected chi connectivity index (χ3v) is 8.68. The second-order valence-electron chi connectivity index (χ2n) is 14.0. The third kappa shape index (κ3) is 36.0. The first-order valence-electron chi connectivity index (χ1n) is 18.4. The van der Waals surface area contributed by atoms with Crippen molar-refractivity contribution >= 4 is 0 Å². The first-order chi connectivity index (χ1) is 18.6. The molecule has 0 saturated heterocycles. The zero-order valence-electron chi connectivity index (χ0n) is 27.8. The molecule has 230 valence electrons. The Labute approximate surface area is 244 Å². The molecular formula is C37H78N+. The first kappa shape index (κ1) is 38.0. The van der Waals surface area contributed by atoms with E-state index in [9.17, 15) is 0 Å². The summed E-state index contributed by atoms with van der Waals surface area (Å²) in [5, 5.41) is 0. The van der Waals surface area contributed by atoms with Gasteiger partial charge in [-0.2, -0.15) is 0 Å². The van der Waals surface area contributed by atoms with Gasteiger partial charge in [-0.05, 0) is 12.8 Å². The maximum absolute atomic E-state index is 2.31. The maximum Gasteiger partial charge on any atom is 0.0780 e. The van der Waals surface area contributed by atoms with Crippen molar-refractivity contribution in [3.63, 3.8) is 0 Å². The quantitative estimate of drug-likeness (QED) is 0.0577. The van der Waals surface area contributed by atoms with Crippen LogP contribution in [0.25, 0.3) is 0 Å². The van der Waals surface area contributed by atoms with Crippen molar-refractivity contribution in [3.8, 4) is 0 Å². The fourth-order valence-corrected chi connectivity index (χ4v) is 5.96. The average Bonchev–Trinajstić information content (AvgIpc) is 2.88. The van der Waals surface area contributed by atoms with E-state index in [4.69, 9.17) is 0 Å². The van der Waals surface area contributed by atoms with Gasteiger partial charge in [0.15, 0.2) is 0 Å². The fourth-order valence-electron chi connectivity index (χ4n) is 5.96. The van der Waals surface area contributed by atoms with Crippen LogP contribution in [-0.2, 0) is 0 Å². The molecule has 0 radical (unpaired) electrons. The fraction of sp³-hybridized carbons (Fsp3) is 1.00. The molecular weight excluding hydrogens is 458 g/mol. The van der Waals surface area contributed by atoms with Crippen LogP contribution in [0.4, 0.5) is 0 Å². The van der Waals surface area contributed by atoms with Crippen LogP contribution in [0, 0.1) is 0 Å². The molecule has 0 heterocycles. The molecule has 0 amide bonds. The molecule has 0 aromatic carbocycles. The summed E-state index contributed by atoms with van der Waals surface area (Å²) in [6.07, 6.45) is 47.3. The average molecular weight is 537 g/mol. The summed E-state index contributed by atoms with van der Waals surface area (Å²) in [5.41, 5.74) is 0. The molecule has 0 saturated carbocycles. The van der Waals surface area contributed by atoms with Gasteiger partial charge in [0.2, 0.25) is 0 Å². The van der Waals surface area contributed by atoms with Gasteiger partial charge < -0.3 is 4.48 Å². The predicted octanol–water partition coefficient (Wildman–Crippen LogP) is 13.2. The van der Waals surface area contributed by atoms with E-state index in [0.717, 1.165) is 4.48 Å². The molecule has 0 aliphatic rings. The molecule has 1 nitrogen and oxygen atoms in total. The van der Waals surface area contributed by atoms with Crippen LogP contribution in [0.2, 0.25) is 0 Å². The molecule has 38 heavy (non-hydrogen) atoms. The highest BCUT2D eigenvalue weighted by Gasteiger charge is 2.05. The van der Waals surface area contributed by atoms with Gasteiger partial charge >= 0.3 is 0 Å². The van der Waals surface area contributed by atoms with Crippen molar-refractivity contribution < 1.29 is 4.48 Å². The lowest BCUT2D eigenvalue weighted by Crippen LogP contribution is -2.35. The van der Waals surface area contributed by atoms with Crippen LogP contribution >= 0.6 is 0 Å². The van der Waals surface area contributed by atoms with Gasteiger partial charge in [0, 0.05) is 0 Å². The molecule has 0 atom stereocenters. The zero-order valence-corrected chi connectivity index (χ0v) is 27.8. The van der Waals surface area contributed by atoms with Crippen LogP contribution in [0.5, 0.6) is 0 Å². The summed E-state index contributed by atoms with van der Waals surface area (Å²) in [6.45, 7) is 3.64.